The van der Waals surface area contributed by atoms with Gasteiger partial charge in [0, 0.05) is 0 Å². The monoisotopic (exact) mass is 252 g/mol. The smallest absolute Gasteiger partial charge is 0.277 e. The minimum absolute atomic E-state index is 0.329. The van der Waals surface area contributed by atoms with Crippen LogP contribution in [0.3, 0.4) is 0 Å². The molecule has 0 radical (unpaired) electrons. The molecular formula is C13H20N2O3. The average molecular weight is 252 g/mol. The average Bonchev–Trinajstić information content (AvgIpc) is 2.27. The molecule has 1 unspecified atom stereocenters. The van der Waals surface area contributed by atoms with Gasteiger partial charge in [0.15, 0.2) is 0 Å². The lowest BCUT2D eigenvalue weighted by molar-refractivity contribution is -0.147. The van der Waals surface area contributed by atoms with Crippen molar-refractivity contribution in [2.24, 2.45) is 17.3 Å². The maximum Gasteiger partial charge on any atom is 0.328 e. The molecule has 0 aromatic heterocycles. The molecule has 1 saturated heterocycles. The third-order valence-corrected chi connectivity index (χ3v) is 3.51. The molecule has 0 aliphatic carbocycles. The van der Waals surface area contributed by atoms with E-state index >= 15 is 0 Å². The zero-order valence-electron chi connectivity index (χ0n) is 11.1. The van der Waals surface area contributed by atoms with E-state index in [-0.39, 0.29) is 5.92 Å². The molecular weight excluding hydrogens is 232 g/mol. The number of hydrogen-bond acceptors (Lipinski definition) is 3. The van der Waals surface area contributed by atoms with Gasteiger partial charge in [-0.25, -0.2) is 4.79 Å². The normalized spacial score (nSPS) is 20.3. The number of urea groups is 1. The van der Waals surface area contributed by atoms with E-state index in [9.17, 15) is 14.4 Å². The van der Waals surface area contributed by atoms with Gasteiger partial charge in [0.25, 0.3) is 0 Å². The molecule has 5 nitrogen and oxygen atoms in total. The highest BCUT2D eigenvalue weighted by Crippen LogP contribution is 2.37. The lowest BCUT2D eigenvalue weighted by Gasteiger charge is -2.37. The fourth-order valence-electron chi connectivity index (χ4n) is 2.15. The standard InChI is InChI=1S/C13H20N2O3/c1-5-9(4)13(7-6-8(2)3)10(16)14-12(18)15-11(13)17/h5,8-9H,1,6-7H2,2-4H3,(H2,14,15,16,17,18). The van der Waals surface area contributed by atoms with Crippen molar-refractivity contribution in [3.63, 3.8) is 0 Å². The number of amides is 4. The quantitative estimate of drug-likeness (QED) is 0.576. The van der Waals surface area contributed by atoms with Crippen LogP contribution in [0.1, 0.15) is 33.6 Å². The second-order valence-corrected chi connectivity index (χ2v) is 5.17. The Kier molecular flexibility index (Phi) is 4.27. The van der Waals surface area contributed by atoms with E-state index in [1.807, 2.05) is 13.8 Å². The molecule has 1 rings (SSSR count). The lowest BCUT2D eigenvalue weighted by Crippen LogP contribution is -2.64. The summed E-state index contributed by atoms with van der Waals surface area (Å²) >= 11 is 0. The Morgan fingerprint density at radius 3 is 2.06 bits per heavy atom. The van der Waals surface area contributed by atoms with E-state index < -0.39 is 23.3 Å². The van der Waals surface area contributed by atoms with Crippen LogP contribution in [0.4, 0.5) is 4.79 Å². The first-order valence-corrected chi connectivity index (χ1v) is 6.14. The predicted molar refractivity (Wildman–Crippen MR) is 67.5 cm³/mol. The molecule has 5 heteroatoms. The Labute approximate surface area is 107 Å². The van der Waals surface area contributed by atoms with E-state index in [0.717, 1.165) is 6.42 Å². The van der Waals surface area contributed by atoms with E-state index in [4.69, 9.17) is 0 Å². The number of carbonyl (C=O) groups excluding carboxylic acids is 3. The van der Waals surface area contributed by atoms with Crippen molar-refractivity contribution in [3.05, 3.63) is 12.7 Å². The highest BCUT2D eigenvalue weighted by molar-refractivity contribution is 6.19. The summed E-state index contributed by atoms with van der Waals surface area (Å²) in [6, 6.07) is -0.749. The van der Waals surface area contributed by atoms with Crippen LogP contribution in [0.2, 0.25) is 0 Å². The molecule has 1 fully saturated rings. The number of barbiturate groups is 1. The third kappa shape index (κ3) is 2.44. The van der Waals surface area contributed by atoms with Crippen molar-refractivity contribution in [3.8, 4) is 0 Å². The molecule has 100 valence electrons. The van der Waals surface area contributed by atoms with Crippen LogP contribution in [0.25, 0.3) is 0 Å². The molecule has 18 heavy (non-hydrogen) atoms. The summed E-state index contributed by atoms with van der Waals surface area (Å²) in [6.45, 7) is 9.46. The van der Waals surface area contributed by atoms with Crippen molar-refractivity contribution in [2.75, 3.05) is 0 Å². The van der Waals surface area contributed by atoms with Gasteiger partial charge in [-0.05, 0) is 24.7 Å². The van der Waals surface area contributed by atoms with Gasteiger partial charge in [-0.1, -0.05) is 26.8 Å². The van der Waals surface area contributed by atoms with Crippen LogP contribution in [-0.2, 0) is 9.59 Å². The maximum atomic E-state index is 12.1. The largest absolute Gasteiger partial charge is 0.328 e. The first-order chi connectivity index (χ1) is 8.34. The van der Waals surface area contributed by atoms with E-state index in [1.54, 1.807) is 13.0 Å². The molecule has 0 bridgehead atoms. The maximum absolute atomic E-state index is 12.1. The predicted octanol–water partition coefficient (Wildman–Crippen LogP) is 1.60. The van der Waals surface area contributed by atoms with Gasteiger partial charge in [-0.2, -0.15) is 0 Å². The third-order valence-electron chi connectivity index (χ3n) is 3.51. The summed E-state index contributed by atoms with van der Waals surface area (Å²) in [7, 11) is 0. The van der Waals surface area contributed by atoms with Crippen molar-refractivity contribution < 1.29 is 14.4 Å². The highest BCUT2D eigenvalue weighted by Gasteiger charge is 2.52. The van der Waals surface area contributed by atoms with Crippen molar-refractivity contribution in [1.29, 1.82) is 0 Å². The van der Waals surface area contributed by atoms with Gasteiger partial charge in [-0.3, -0.25) is 20.2 Å². The minimum Gasteiger partial charge on any atom is -0.277 e. The molecule has 1 aliphatic heterocycles. The topological polar surface area (TPSA) is 75.3 Å². The van der Waals surface area contributed by atoms with Crippen LogP contribution >= 0.6 is 0 Å². The highest BCUT2D eigenvalue weighted by atomic mass is 16.2. The Morgan fingerprint density at radius 1 is 1.17 bits per heavy atom. The van der Waals surface area contributed by atoms with Crippen LogP contribution < -0.4 is 10.6 Å². The minimum atomic E-state index is -1.22. The van der Waals surface area contributed by atoms with Crippen molar-refractivity contribution >= 4 is 17.8 Å². The molecule has 0 saturated carbocycles. The van der Waals surface area contributed by atoms with Crippen LogP contribution in [0, 0.1) is 17.3 Å². The lowest BCUT2D eigenvalue weighted by atomic mass is 9.69. The van der Waals surface area contributed by atoms with Crippen molar-refractivity contribution in [1.82, 2.24) is 10.6 Å². The zero-order valence-corrected chi connectivity index (χ0v) is 11.1. The van der Waals surface area contributed by atoms with Gasteiger partial charge in [0.05, 0.1) is 0 Å². The van der Waals surface area contributed by atoms with Gasteiger partial charge in [-0.15, -0.1) is 6.58 Å². The molecule has 1 heterocycles. The summed E-state index contributed by atoms with van der Waals surface area (Å²) in [5.41, 5.74) is -1.22. The molecule has 1 atom stereocenters. The second kappa shape index (κ2) is 5.33. The first-order valence-electron chi connectivity index (χ1n) is 6.14. The summed E-state index contributed by atoms with van der Waals surface area (Å²) in [5, 5.41) is 4.36. The van der Waals surface area contributed by atoms with Gasteiger partial charge < -0.3 is 0 Å². The van der Waals surface area contributed by atoms with Crippen molar-refractivity contribution in [2.45, 2.75) is 33.6 Å². The van der Waals surface area contributed by atoms with Crippen LogP contribution in [0.5, 0.6) is 0 Å². The molecule has 1 aliphatic rings. The zero-order chi connectivity index (χ0) is 13.9. The Hall–Kier alpha value is -1.65. The number of rotatable bonds is 5. The first kappa shape index (κ1) is 14.4. The number of allylic oxidation sites excluding steroid dienone is 1. The molecule has 0 spiro atoms. The van der Waals surface area contributed by atoms with Gasteiger partial charge in [0.2, 0.25) is 11.8 Å². The number of hydrogen-bond donors (Lipinski definition) is 2. The summed E-state index contributed by atoms with van der Waals surface area (Å²) in [5.74, 6) is -1.00. The number of imide groups is 2. The Bertz CT molecular complexity index is 368. The SMILES string of the molecule is C=CC(C)C1(CCC(C)C)C(=O)NC(=O)NC1=O. The van der Waals surface area contributed by atoms with Crippen LogP contribution in [0.15, 0.2) is 12.7 Å². The van der Waals surface area contributed by atoms with Gasteiger partial charge in [0.1, 0.15) is 5.41 Å². The second-order valence-electron chi connectivity index (χ2n) is 5.17. The molecule has 2 N–H and O–H groups in total. The Morgan fingerprint density at radius 2 is 1.67 bits per heavy atom. The summed E-state index contributed by atoms with van der Waals surface area (Å²) < 4.78 is 0. The summed E-state index contributed by atoms with van der Waals surface area (Å²) in [4.78, 5) is 35.3. The molecule has 0 aromatic rings. The van der Waals surface area contributed by atoms with E-state index in [1.165, 1.54) is 0 Å². The number of nitrogens with one attached hydrogen (secondary N) is 2. The Balaban J connectivity index is 3.09. The number of carbonyl (C=O) groups is 3. The van der Waals surface area contributed by atoms with E-state index in [2.05, 4.69) is 17.2 Å². The van der Waals surface area contributed by atoms with Gasteiger partial charge >= 0.3 is 6.03 Å². The van der Waals surface area contributed by atoms with E-state index in [0.29, 0.717) is 12.3 Å². The summed E-state index contributed by atoms with van der Waals surface area (Å²) in [6.07, 6.45) is 2.71. The fourth-order valence-corrected chi connectivity index (χ4v) is 2.15. The fraction of sp³-hybridized carbons (Fsp3) is 0.615. The van der Waals surface area contributed by atoms with Crippen LogP contribution in [-0.4, -0.2) is 17.8 Å². The molecule has 0 aromatic carbocycles. The molecule has 4 amide bonds.